The molecule has 1 fully saturated rings. The Morgan fingerprint density at radius 2 is 2.06 bits per heavy atom. The lowest BCUT2D eigenvalue weighted by Gasteiger charge is -2.25. The van der Waals surface area contributed by atoms with Gasteiger partial charge in [-0.2, -0.15) is 0 Å². The summed E-state index contributed by atoms with van der Waals surface area (Å²) >= 11 is 1.77. The Hall–Kier alpha value is -0.0100. The van der Waals surface area contributed by atoms with Crippen LogP contribution in [0.2, 0.25) is 0 Å². The minimum atomic E-state index is -0.0283. The molecular formula is C11H23ClN2O3S. The monoisotopic (exact) mass is 298 g/mol. The molecule has 1 rings (SSSR count). The van der Waals surface area contributed by atoms with Crippen molar-refractivity contribution in [2.24, 2.45) is 0 Å². The third kappa shape index (κ3) is 6.24. The van der Waals surface area contributed by atoms with Gasteiger partial charge in [0, 0.05) is 45.5 Å². The summed E-state index contributed by atoms with van der Waals surface area (Å²) in [5, 5.41) is 3.20. The van der Waals surface area contributed by atoms with Crippen LogP contribution in [0.1, 0.15) is 6.42 Å². The maximum atomic E-state index is 12.2. The lowest BCUT2D eigenvalue weighted by molar-refractivity contribution is -0.133. The van der Waals surface area contributed by atoms with Crippen LogP contribution in [0.4, 0.5) is 0 Å². The SMILES string of the molecule is COCCCN(CCOC)C(=O)C1CSCN1.Cl. The largest absolute Gasteiger partial charge is 0.385 e. The first-order chi connectivity index (χ1) is 8.29. The van der Waals surface area contributed by atoms with Crippen molar-refractivity contribution in [3.8, 4) is 0 Å². The predicted octanol–water partition coefficient (Wildman–Crippen LogP) is 0.582. The fraction of sp³-hybridized carbons (Fsp3) is 0.909. The van der Waals surface area contributed by atoms with E-state index in [1.807, 2.05) is 4.90 Å². The molecule has 108 valence electrons. The maximum Gasteiger partial charge on any atom is 0.240 e. The average Bonchev–Trinajstić information content (AvgIpc) is 2.86. The fourth-order valence-corrected chi connectivity index (χ4v) is 2.64. The van der Waals surface area contributed by atoms with E-state index in [0.29, 0.717) is 19.8 Å². The van der Waals surface area contributed by atoms with E-state index in [1.165, 1.54) is 0 Å². The first-order valence-corrected chi connectivity index (χ1v) is 7.03. The van der Waals surface area contributed by atoms with E-state index < -0.39 is 0 Å². The normalized spacial score (nSPS) is 18.4. The molecule has 0 aromatic rings. The van der Waals surface area contributed by atoms with Crippen LogP contribution in [-0.2, 0) is 14.3 Å². The van der Waals surface area contributed by atoms with E-state index in [1.54, 1.807) is 26.0 Å². The van der Waals surface area contributed by atoms with Crippen LogP contribution in [0.15, 0.2) is 0 Å². The van der Waals surface area contributed by atoms with Crippen molar-refractivity contribution in [2.75, 3.05) is 52.2 Å². The van der Waals surface area contributed by atoms with Crippen molar-refractivity contribution < 1.29 is 14.3 Å². The second kappa shape index (κ2) is 10.9. The lowest BCUT2D eigenvalue weighted by Crippen LogP contribution is -2.46. The molecule has 7 heteroatoms. The van der Waals surface area contributed by atoms with E-state index >= 15 is 0 Å². The highest BCUT2D eigenvalue weighted by Crippen LogP contribution is 2.12. The van der Waals surface area contributed by atoms with Gasteiger partial charge in [0.25, 0.3) is 0 Å². The zero-order valence-electron chi connectivity index (χ0n) is 11.0. The number of ether oxygens (including phenoxy) is 2. The van der Waals surface area contributed by atoms with Gasteiger partial charge in [-0.1, -0.05) is 0 Å². The minimum Gasteiger partial charge on any atom is -0.385 e. The Balaban J connectivity index is 0.00000289. The summed E-state index contributed by atoms with van der Waals surface area (Å²) in [5.41, 5.74) is 0. The van der Waals surface area contributed by atoms with Crippen LogP contribution in [0, 0.1) is 0 Å². The molecule has 1 N–H and O–H groups in total. The number of nitrogens with one attached hydrogen (secondary N) is 1. The fourth-order valence-electron chi connectivity index (χ4n) is 1.71. The standard InChI is InChI=1S/C11H22N2O3S.ClH/c1-15-6-3-4-13(5-7-16-2)11(14)10-8-17-9-12-10;/h10,12H,3-9H2,1-2H3;1H. The smallest absolute Gasteiger partial charge is 0.240 e. The molecular weight excluding hydrogens is 276 g/mol. The molecule has 0 saturated carbocycles. The summed E-state index contributed by atoms with van der Waals surface area (Å²) in [4.78, 5) is 14.1. The molecule has 0 aromatic heterocycles. The molecule has 1 aliphatic rings. The van der Waals surface area contributed by atoms with Crippen molar-refractivity contribution in [1.82, 2.24) is 10.2 Å². The molecule has 1 atom stereocenters. The highest BCUT2D eigenvalue weighted by molar-refractivity contribution is 7.99. The quantitative estimate of drug-likeness (QED) is 0.665. The van der Waals surface area contributed by atoms with Crippen LogP contribution >= 0.6 is 24.2 Å². The summed E-state index contributed by atoms with van der Waals surface area (Å²) in [6.07, 6.45) is 0.867. The van der Waals surface area contributed by atoms with Gasteiger partial charge in [0.15, 0.2) is 0 Å². The van der Waals surface area contributed by atoms with E-state index in [2.05, 4.69) is 5.32 Å². The molecule has 18 heavy (non-hydrogen) atoms. The van der Waals surface area contributed by atoms with Crippen LogP contribution in [0.25, 0.3) is 0 Å². The maximum absolute atomic E-state index is 12.2. The molecule has 0 radical (unpaired) electrons. The van der Waals surface area contributed by atoms with Crippen molar-refractivity contribution >= 4 is 30.1 Å². The van der Waals surface area contributed by atoms with Gasteiger partial charge in [0.05, 0.1) is 12.6 Å². The molecule has 1 heterocycles. The third-order valence-corrected chi connectivity index (χ3v) is 3.61. The Morgan fingerprint density at radius 3 is 2.61 bits per heavy atom. The van der Waals surface area contributed by atoms with Crippen LogP contribution < -0.4 is 5.32 Å². The summed E-state index contributed by atoms with van der Waals surface area (Å²) in [6.45, 7) is 2.66. The Labute approximate surface area is 119 Å². The molecule has 0 bridgehead atoms. The Bertz CT molecular complexity index is 228. The van der Waals surface area contributed by atoms with Gasteiger partial charge in [-0.3, -0.25) is 10.1 Å². The highest BCUT2D eigenvalue weighted by Gasteiger charge is 2.26. The number of carbonyl (C=O) groups excluding carboxylic acids is 1. The van der Waals surface area contributed by atoms with Gasteiger partial charge in [-0.05, 0) is 6.42 Å². The third-order valence-electron chi connectivity index (χ3n) is 2.67. The molecule has 1 aliphatic heterocycles. The van der Waals surface area contributed by atoms with Crippen molar-refractivity contribution in [3.05, 3.63) is 0 Å². The zero-order chi connectivity index (χ0) is 12.5. The first kappa shape index (κ1) is 18.0. The minimum absolute atomic E-state index is 0. The number of nitrogens with zero attached hydrogens (tertiary/aromatic N) is 1. The van der Waals surface area contributed by atoms with E-state index in [4.69, 9.17) is 9.47 Å². The molecule has 1 unspecified atom stereocenters. The molecule has 0 spiro atoms. The van der Waals surface area contributed by atoms with Crippen molar-refractivity contribution in [2.45, 2.75) is 12.5 Å². The zero-order valence-corrected chi connectivity index (χ0v) is 12.6. The van der Waals surface area contributed by atoms with Gasteiger partial charge < -0.3 is 14.4 Å². The van der Waals surface area contributed by atoms with Crippen LogP contribution in [0.3, 0.4) is 0 Å². The van der Waals surface area contributed by atoms with Gasteiger partial charge in [0.1, 0.15) is 0 Å². The Morgan fingerprint density at radius 1 is 1.33 bits per heavy atom. The topological polar surface area (TPSA) is 50.8 Å². The summed E-state index contributed by atoms with van der Waals surface area (Å²) in [7, 11) is 3.33. The summed E-state index contributed by atoms with van der Waals surface area (Å²) in [5.74, 6) is 1.92. The van der Waals surface area contributed by atoms with Gasteiger partial charge in [-0.25, -0.2) is 0 Å². The number of hydrogen-bond donors (Lipinski definition) is 1. The molecule has 1 amide bonds. The number of halogens is 1. The molecule has 5 nitrogen and oxygen atoms in total. The molecule has 0 aliphatic carbocycles. The summed E-state index contributed by atoms with van der Waals surface area (Å²) < 4.78 is 10.1. The average molecular weight is 299 g/mol. The van der Waals surface area contributed by atoms with Crippen molar-refractivity contribution in [3.63, 3.8) is 0 Å². The number of rotatable bonds is 8. The second-order valence-corrected chi connectivity index (χ2v) is 4.97. The number of hydrogen-bond acceptors (Lipinski definition) is 5. The number of methoxy groups -OCH3 is 2. The lowest BCUT2D eigenvalue weighted by atomic mass is 10.2. The number of thioether (sulfide) groups is 1. The number of carbonyl (C=O) groups is 1. The first-order valence-electron chi connectivity index (χ1n) is 5.87. The van der Waals surface area contributed by atoms with Gasteiger partial charge >= 0.3 is 0 Å². The van der Waals surface area contributed by atoms with E-state index in [-0.39, 0.29) is 24.4 Å². The second-order valence-electron chi connectivity index (χ2n) is 3.94. The Kier molecular flexibility index (Phi) is 10.9. The van der Waals surface area contributed by atoms with E-state index in [9.17, 15) is 4.79 Å². The molecule has 0 aromatic carbocycles. The van der Waals surface area contributed by atoms with Crippen LogP contribution in [0.5, 0.6) is 0 Å². The highest BCUT2D eigenvalue weighted by atomic mass is 35.5. The van der Waals surface area contributed by atoms with Crippen LogP contribution in [-0.4, -0.2) is 69.0 Å². The predicted molar refractivity (Wildman–Crippen MR) is 76.4 cm³/mol. The van der Waals surface area contributed by atoms with Gasteiger partial charge in [0.2, 0.25) is 5.91 Å². The van der Waals surface area contributed by atoms with Gasteiger partial charge in [-0.15, -0.1) is 24.2 Å². The molecule has 1 saturated heterocycles. The number of amides is 1. The van der Waals surface area contributed by atoms with E-state index in [0.717, 1.165) is 24.6 Å². The van der Waals surface area contributed by atoms with Crippen molar-refractivity contribution in [1.29, 1.82) is 0 Å². The summed E-state index contributed by atoms with van der Waals surface area (Å²) in [6, 6.07) is -0.0283.